The molecular weight excluding hydrogens is 262 g/mol. The molecule has 0 aliphatic heterocycles. The van der Waals surface area contributed by atoms with Crippen molar-refractivity contribution in [1.82, 2.24) is 0 Å². The zero-order chi connectivity index (χ0) is 13.9. The molecule has 0 aliphatic rings. The van der Waals surface area contributed by atoms with Crippen LogP contribution in [-0.2, 0) is 19.4 Å². The summed E-state index contributed by atoms with van der Waals surface area (Å²) in [6.07, 6.45) is 0. The third kappa shape index (κ3) is 3.04. The van der Waals surface area contributed by atoms with Gasteiger partial charge in [0.25, 0.3) is 5.69 Å². The molecule has 0 radical (unpaired) electrons. The second-order valence-electron chi connectivity index (χ2n) is 3.56. The molecule has 0 atom stereocenters. The van der Waals surface area contributed by atoms with E-state index in [4.69, 9.17) is 0 Å². The third-order valence-corrected chi connectivity index (χ3v) is 3.80. The lowest BCUT2D eigenvalue weighted by Crippen LogP contribution is -2.18. The Morgan fingerprint density at radius 3 is 2.56 bits per heavy atom. The summed E-state index contributed by atoms with van der Waals surface area (Å²) in [5, 5.41) is 10.8. The van der Waals surface area contributed by atoms with Crippen LogP contribution in [0.1, 0.15) is 5.56 Å². The summed E-state index contributed by atoms with van der Waals surface area (Å²) in [7, 11) is -3.04. The topological polar surface area (TPSA) is 104 Å². The number of methoxy groups -OCH3 is 1. The van der Waals surface area contributed by atoms with Gasteiger partial charge in [0.2, 0.25) is 0 Å². The van der Waals surface area contributed by atoms with Crippen LogP contribution in [0.2, 0.25) is 0 Å². The van der Waals surface area contributed by atoms with Crippen molar-refractivity contribution in [2.45, 2.75) is 11.8 Å². The molecule has 0 unspecified atom stereocenters. The second-order valence-corrected chi connectivity index (χ2v) is 5.52. The highest BCUT2D eigenvalue weighted by Gasteiger charge is 2.28. The monoisotopic (exact) mass is 273 g/mol. The molecule has 0 heterocycles. The fourth-order valence-electron chi connectivity index (χ4n) is 1.31. The number of sulfone groups is 1. The van der Waals surface area contributed by atoms with E-state index in [-0.39, 0.29) is 0 Å². The minimum atomic E-state index is -4.09. The van der Waals surface area contributed by atoms with Gasteiger partial charge >= 0.3 is 5.97 Å². The van der Waals surface area contributed by atoms with Gasteiger partial charge in [0.05, 0.1) is 12.0 Å². The number of carbonyl (C=O) groups is 1. The van der Waals surface area contributed by atoms with Crippen molar-refractivity contribution in [2.75, 3.05) is 12.9 Å². The van der Waals surface area contributed by atoms with Crippen molar-refractivity contribution in [1.29, 1.82) is 0 Å². The van der Waals surface area contributed by atoms with Gasteiger partial charge in [-0.1, -0.05) is 6.07 Å². The van der Waals surface area contributed by atoms with Crippen LogP contribution < -0.4 is 0 Å². The van der Waals surface area contributed by atoms with Crippen LogP contribution in [0.3, 0.4) is 0 Å². The molecule has 0 amide bonds. The van der Waals surface area contributed by atoms with E-state index < -0.39 is 37.1 Å². The highest BCUT2D eigenvalue weighted by Crippen LogP contribution is 2.25. The molecule has 0 fully saturated rings. The molecule has 1 aromatic rings. The van der Waals surface area contributed by atoms with Gasteiger partial charge < -0.3 is 4.74 Å². The van der Waals surface area contributed by atoms with Crippen molar-refractivity contribution in [3.05, 3.63) is 33.9 Å². The first-order valence-electron chi connectivity index (χ1n) is 4.82. The summed E-state index contributed by atoms with van der Waals surface area (Å²) >= 11 is 0. The fraction of sp³-hybridized carbons (Fsp3) is 0.300. The number of hydrogen-bond acceptors (Lipinski definition) is 6. The number of hydrogen-bond donors (Lipinski definition) is 0. The lowest BCUT2D eigenvalue weighted by atomic mass is 10.2. The highest BCUT2D eigenvalue weighted by atomic mass is 32.2. The van der Waals surface area contributed by atoms with E-state index in [1.165, 1.54) is 6.07 Å². The molecular formula is C10H11NO6S. The maximum atomic E-state index is 11.9. The Balaban J connectivity index is 3.35. The highest BCUT2D eigenvalue weighted by molar-refractivity contribution is 7.92. The Labute approximate surface area is 103 Å². The summed E-state index contributed by atoms with van der Waals surface area (Å²) in [6, 6.07) is 3.69. The van der Waals surface area contributed by atoms with Gasteiger partial charge in [0.1, 0.15) is 4.90 Å². The Kier molecular flexibility index (Phi) is 4.02. The quantitative estimate of drug-likeness (QED) is 0.457. The molecule has 0 spiro atoms. The van der Waals surface area contributed by atoms with Crippen LogP contribution in [0.4, 0.5) is 5.69 Å². The summed E-state index contributed by atoms with van der Waals surface area (Å²) in [6.45, 7) is 1.60. The van der Waals surface area contributed by atoms with E-state index in [1.807, 2.05) is 0 Å². The minimum absolute atomic E-state index is 0.474. The molecule has 1 rings (SSSR count). The molecule has 1 aromatic carbocycles. The first-order valence-corrected chi connectivity index (χ1v) is 6.48. The van der Waals surface area contributed by atoms with E-state index in [0.29, 0.717) is 5.56 Å². The first kappa shape index (κ1) is 14.1. The van der Waals surface area contributed by atoms with Crippen LogP contribution in [0.5, 0.6) is 0 Å². The van der Waals surface area contributed by atoms with Crippen molar-refractivity contribution in [3.8, 4) is 0 Å². The maximum Gasteiger partial charge on any atom is 0.321 e. The van der Waals surface area contributed by atoms with Gasteiger partial charge in [-0.05, 0) is 18.6 Å². The number of aryl methyl sites for hydroxylation is 1. The molecule has 0 saturated carbocycles. The lowest BCUT2D eigenvalue weighted by Gasteiger charge is -2.05. The smallest absolute Gasteiger partial charge is 0.321 e. The molecule has 0 saturated heterocycles. The van der Waals surface area contributed by atoms with E-state index in [0.717, 1.165) is 19.2 Å². The number of esters is 1. The molecule has 98 valence electrons. The van der Waals surface area contributed by atoms with E-state index in [9.17, 15) is 23.3 Å². The maximum absolute atomic E-state index is 11.9. The minimum Gasteiger partial charge on any atom is -0.468 e. The number of nitro benzene ring substituents is 1. The molecule has 7 nitrogen and oxygen atoms in total. The summed E-state index contributed by atoms with van der Waals surface area (Å²) in [4.78, 5) is 20.5. The van der Waals surface area contributed by atoms with Gasteiger partial charge in [-0.25, -0.2) is 8.42 Å². The fourth-order valence-corrected chi connectivity index (χ4v) is 2.72. The molecule has 0 N–H and O–H groups in total. The van der Waals surface area contributed by atoms with Crippen LogP contribution in [0, 0.1) is 17.0 Å². The second kappa shape index (κ2) is 5.13. The van der Waals surface area contributed by atoms with Crippen LogP contribution in [0.15, 0.2) is 23.1 Å². The molecule has 0 aliphatic carbocycles. The van der Waals surface area contributed by atoms with Crippen LogP contribution in [0.25, 0.3) is 0 Å². The predicted molar refractivity (Wildman–Crippen MR) is 61.9 cm³/mol. The number of carbonyl (C=O) groups excluding carboxylic acids is 1. The normalized spacial score (nSPS) is 11.0. The van der Waals surface area contributed by atoms with Gasteiger partial charge in [-0.3, -0.25) is 14.9 Å². The van der Waals surface area contributed by atoms with E-state index in [2.05, 4.69) is 4.74 Å². The van der Waals surface area contributed by atoms with Gasteiger partial charge in [-0.2, -0.15) is 0 Å². The van der Waals surface area contributed by atoms with Gasteiger partial charge in [-0.15, -0.1) is 0 Å². The summed E-state index contributed by atoms with van der Waals surface area (Å²) in [5.74, 6) is -1.89. The average Bonchev–Trinajstić information content (AvgIpc) is 2.27. The van der Waals surface area contributed by atoms with Crippen molar-refractivity contribution >= 4 is 21.5 Å². The van der Waals surface area contributed by atoms with Crippen LogP contribution in [-0.4, -0.2) is 32.2 Å². The van der Waals surface area contributed by atoms with Crippen molar-refractivity contribution in [3.63, 3.8) is 0 Å². The van der Waals surface area contributed by atoms with Gasteiger partial charge in [0.15, 0.2) is 15.6 Å². The molecule has 18 heavy (non-hydrogen) atoms. The molecule has 0 aromatic heterocycles. The number of benzene rings is 1. The Morgan fingerprint density at radius 1 is 1.44 bits per heavy atom. The number of ether oxygens (including phenoxy) is 1. The predicted octanol–water partition coefficient (Wildman–Crippen LogP) is 0.850. The third-order valence-electron chi connectivity index (χ3n) is 2.18. The molecule has 0 bridgehead atoms. The van der Waals surface area contributed by atoms with E-state index >= 15 is 0 Å². The Bertz CT molecular complexity index is 592. The first-order chi connectivity index (χ1) is 8.27. The molecule has 8 heteroatoms. The summed E-state index contributed by atoms with van der Waals surface area (Å²) < 4.78 is 28.0. The SMILES string of the molecule is COC(=O)CS(=O)(=O)c1cc(C)ccc1[N+](=O)[O-]. The summed E-state index contributed by atoms with van der Waals surface area (Å²) in [5.41, 5.74) is -0.00598. The Morgan fingerprint density at radius 2 is 2.06 bits per heavy atom. The number of nitrogens with zero attached hydrogens (tertiary/aromatic N) is 1. The largest absolute Gasteiger partial charge is 0.468 e. The number of rotatable bonds is 4. The zero-order valence-corrected chi connectivity index (χ0v) is 10.6. The number of nitro groups is 1. The van der Waals surface area contributed by atoms with Gasteiger partial charge in [0, 0.05) is 6.07 Å². The van der Waals surface area contributed by atoms with Crippen LogP contribution >= 0.6 is 0 Å². The lowest BCUT2D eigenvalue weighted by molar-refractivity contribution is -0.387. The Hall–Kier alpha value is -1.96. The van der Waals surface area contributed by atoms with Crippen molar-refractivity contribution in [2.24, 2.45) is 0 Å². The van der Waals surface area contributed by atoms with E-state index in [1.54, 1.807) is 6.92 Å². The average molecular weight is 273 g/mol. The zero-order valence-electron chi connectivity index (χ0n) is 9.74. The van der Waals surface area contributed by atoms with Crippen molar-refractivity contribution < 1.29 is 22.9 Å². The standard InChI is InChI=1S/C10H11NO6S/c1-7-3-4-8(11(13)14)9(5-7)18(15,16)6-10(12)17-2/h3-5H,6H2,1-2H3.